The number of halogens is 1. The summed E-state index contributed by atoms with van der Waals surface area (Å²) in [5.74, 6) is 0. The van der Waals surface area contributed by atoms with Gasteiger partial charge in [-0.1, -0.05) is 6.07 Å². The van der Waals surface area contributed by atoms with Crippen LogP contribution in [0.2, 0.25) is 0 Å². The smallest absolute Gasteiger partial charge is 0.204 e. The van der Waals surface area contributed by atoms with Gasteiger partial charge in [0.1, 0.15) is 0 Å². The molecule has 2 rings (SSSR count). The first-order chi connectivity index (χ1) is 5.29. The highest BCUT2D eigenvalue weighted by Gasteiger charge is 2.01. The summed E-state index contributed by atoms with van der Waals surface area (Å²) in [6.45, 7) is 2.02. The minimum atomic E-state index is 0.755. The fourth-order valence-corrected chi connectivity index (χ4v) is 1.60. The van der Waals surface area contributed by atoms with Crippen LogP contribution in [0.25, 0.3) is 5.65 Å². The van der Waals surface area contributed by atoms with Gasteiger partial charge in [-0.2, -0.15) is 0 Å². The van der Waals surface area contributed by atoms with Crippen molar-refractivity contribution >= 4 is 21.6 Å². The molecule has 11 heavy (non-hydrogen) atoms. The zero-order valence-corrected chi connectivity index (χ0v) is 7.54. The average Bonchev–Trinajstić information content (AvgIpc) is 2.34. The van der Waals surface area contributed by atoms with E-state index in [2.05, 4.69) is 26.1 Å². The molecule has 0 bridgehead atoms. The monoisotopic (exact) mass is 211 g/mol. The Hall–Kier alpha value is -0.900. The molecule has 0 aliphatic rings. The average molecular weight is 212 g/mol. The Balaban J connectivity index is 2.96. The maximum Gasteiger partial charge on any atom is 0.204 e. The summed E-state index contributed by atoms with van der Waals surface area (Å²) in [7, 11) is 0. The second kappa shape index (κ2) is 2.30. The van der Waals surface area contributed by atoms with E-state index in [-0.39, 0.29) is 0 Å². The number of pyridine rings is 1. The predicted molar refractivity (Wildman–Crippen MR) is 45.4 cm³/mol. The van der Waals surface area contributed by atoms with Crippen molar-refractivity contribution in [1.29, 1.82) is 0 Å². The van der Waals surface area contributed by atoms with Crippen LogP contribution in [0.15, 0.2) is 22.9 Å². The standard InChI is InChI=1S/C7H6BrN3/c1-5-3-2-4-6-9-10-7(8)11(5)6/h2-4H,1H3. The molecule has 0 spiro atoms. The summed E-state index contributed by atoms with van der Waals surface area (Å²) in [6.07, 6.45) is 0. The van der Waals surface area contributed by atoms with E-state index in [4.69, 9.17) is 0 Å². The second-order valence-electron chi connectivity index (χ2n) is 2.33. The summed E-state index contributed by atoms with van der Waals surface area (Å²) in [5.41, 5.74) is 2.00. The quantitative estimate of drug-likeness (QED) is 0.666. The zero-order valence-electron chi connectivity index (χ0n) is 5.95. The predicted octanol–water partition coefficient (Wildman–Crippen LogP) is 1.80. The molecule has 0 aliphatic heterocycles. The van der Waals surface area contributed by atoms with Crippen molar-refractivity contribution in [2.24, 2.45) is 0 Å². The maximum absolute atomic E-state index is 3.95. The van der Waals surface area contributed by atoms with Crippen LogP contribution in [0.5, 0.6) is 0 Å². The van der Waals surface area contributed by atoms with Crippen molar-refractivity contribution in [2.45, 2.75) is 6.92 Å². The van der Waals surface area contributed by atoms with Gasteiger partial charge in [-0.25, -0.2) is 0 Å². The van der Waals surface area contributed by atoms with E-state index in [0.717, 1.165) is 16.1 Å². The molecule has 0 radical (unpaired) electrons. The maximum atomic E-state index is 3.95. The lowest BCUT2D eigenvalue weighted by Crippen LogP contribution is -1.89. The molecule has 0 atom stereocenters. The Morgan fingerprint density at radius 2 is 2.18 bits per heavy atom. The number of fused-ring (bicyclic) bond motifs is 1. The first-order valence-electron chi connectivity index (χ1n) is 3.25. The number of hydrogen-bond acceptors (Lipinski definition) is 2. The van der Waals surface area contributed by atoms with E-state index in [1.165, 1.54) is 0 Å². The van der Waals surface area contributed by atoms with Crippen molar-refractivity contribution in [3.63, 3.8) is 0 Å². The Morgan fingerprint density at radius 1 is 1.36 bits per heavy atom. The van der Waals surface area contributed by atoms with Crippen LogP contribution in [-0.4, -0.2) is 14.6 Å². The number of aromatic nitrogens is 3. The Morgan fingerprint density at radius 3 is 2.91 bits per heavy atom. The Bertz CT molecular complexity index is 393. The summed E-state index contributed by atoms with van der Waals surface area (Å²) in [6, 6.07) is 5.90. The second-order valence-corrected chi connectivity index (χ2v) is 3.04. The number of rotatable bonds is 0. The molecule has 0 fully saturated rings. The van der Waals surface area contributed by atoms with Gasteiger partial charge in [0.05, 0.1) is 0 Å². The fraction of sp³-hybridized carbons (Fsp3) is 0.143. The molecular formula is C7H6BrN3. The fourth-order valence-electron chi connectivity index (χ4n) is 1.06. The van der Waals surface area contributed by atoms with Crippen LogP contribution in [0.4, 0.5) is 0 Å². The SMILES string of the molecule is Cc1cccc2nnc(Br)n12. The number of aryl methyl sites for hydroxylation is 1. The lowest BCUT2D eigenvalue weighted by atomic mass is 10.4. The van der Waals surface area contributed by atoms with E-state index in [1.54, 1.807) is 0 Å². The molecule has 56 valence electrons. The van der Waals surface area contributed by atoms with E-state index >= 15 is 0 Å². The molecule has 0 N–H and O–H groups in total. The van der Waals surface area contributed by atoms with Gasteiger partial charge in [0.25, 0.3) is 0 Å². The van der Waals surface area contributed by atoms with Gasteiger partial charge in [-0.05, 0) is 35.0 Å². The summed E-state index contributed by atoms with van der Waals surface area (Å²) in [5, 5.41) is 7.83. The molecule has 0 amide bonds. The summed E-state index contributed by atoms with van der Waals surface area (Å²) < 4.78 is 2.70. The molecule has 2 aromatic rings. The highest BCUT2D eigenvalue weighted by molar-refractivity contribution is 9.10. The lowest BCUT2D eigenvalue weighted by Gasteiger charge is -1.96. The van der Waals surface area contributed by atoms with Crippen LogP contribution in [0, 0.1) is 6.92 Å². The normalized spacial score (nSPS) is 10.7. The largest absolute Gasteiger partial charge is 0.274 e. The summed E-state index contributed by atoms with van der Waals surface area (Å²) >= 11 is 3.31. The van der Waals surface area contributed by atoms with Gasteiger partial charge in [-0.3, -0.25) is 4.40 Å². The van der Waals surface area contributed by atoms with Crippen molar-refractivity contribution in [3.8, 4) is 0 Å². The molecule has 0 saturated heterocycles. The van der Waals surface area contributed by atoms with Crippen LogP contribution in [0.1, 0.15) is 5.69 Å². The van der Waals surface area contributed by atoms with E-state index in [1.807, 2.05) is 29.5 Å². The van der Waals surface area contributed by atoms with Gasteiger partial charge in [0, 0.05) is 5.69 Å². The van der Waals surface area contributed by atoms with Gasteiger partial charge in [0.15, 0.2) is 5.65 Å². The van der Waals surface area contributed by atoms with Crippen LogP contribution in [-0.2, 0) is 0 Å². The van der Waals surface area contributed by atoms with E-state index in [0.29, 0.717) is 0 Å². The molecule has 2 aromatic heterocycles. The highest BCUT2D eigenvalue weighted by Crippen LogP contribution is 2.11. The third-order valence-corrected chi connectivity index (χ3v) is 2.10. The lowest BCUT2D eigenvalue weighted by molar-refractivity contribution is 1.02. The van der Waals surface area contributed by atoms with Crippen LogP contribution >= 0.6 is 15.9 Å². The molecule has 0 aromatic carbocycles. The molecule has 4 heteroatoms. The number of hydrogen-bond donors (Lipinski definition) is 0. The topological polar surface area (TPSA) is 30.2 Å². The molecule has 0 saturated carbocycles. The molecule has 2 heterocycles. The van der Waals surface area contributed by atoms with Crippen molar-refractivity contribution in [1.82, 2.24) is 14.6 Å². The van der Waals surface area contributed by atoms with Crippen LogP contribution < -0.4 is 0 Å². The van der Waals surface area contributed by atoms with Gasteiger partial charge in [-0.15, -0.1) is 10.2 Å². The molecule has 0 unspecified atom stereocenters. The van der Waals surface area contributed by atoms with Crippen molar-refractivity contribution < 1.29 is 0 Å². The third kappa shape index (κ3) is 0.939. The van der Waals surface area contributed by atoms with Gasteiger partial charge >= 0.3 is 0 Å². The minimum absolute atomic E-state index is 0.755. The van der Waals surface area contributed by atoms with Gasteiger partial charge < -0.3 is 0 Å². The van der Waals surface area contributed by atoms with E-state index in [9.17, 15) is 0 Å². The van der Waals surface area contributed by atoms with Gasteiger partial charge in [0.2, 0.25) is 4.73 Å². The van der Waals surface area contributed by atoms with Crippen molar-refractivity contribution in [2.75, 3.05) is 0 Å². The molecular weight excluding hydrogens is 206 g/mol. The van der Waals surface area contributed by atoms with Crippen molar-refractivity contribution in [3.05, 3.63) is 28.6 Å². The minimum Gasteiger partial charge on any atom is -0.274 e. The highest BCUT2D eigenvalue weighted by atomic mass is 79.9. The Labute approximate surface area is 72.2 Å². The first kappa shape index (κ1) is 6.79. The molecule has 3 nitrogen and oxygen atoms in total. The molecule has 0 aliphatic carbocycles. The number of nitrogens with zero attached hydrogens (tertiary/aromatic N) is 3. The summed E-state index contributed by atoms with van der Waals surface area (Å²) in [4.78, 5) is 0. The van der Waals surface area contributed by atoms with Crippen LogP contribution in [0.3, 0.4) is 0 Å². The first-order valence-corrected chi connectivity index (χ1v) is 4.04. The van der Waals surface area contributed by atoms with E-state index < -0.39 is 0 Å². The zero-order chi connectivity index (χ0) is 7.84. The Kier molecular flexibility index (Phi) is 1.42. The third-order valence-electron chi connectivity index (χ3n) is 1.58.